The predicted octanol–water partition coefficient (Wildman–Crippen LogP) is 16.6. The lowest BCUT2D eigenvalue weighted by molar-refractivity contribution is -0.161. The Morgan fingerprint density at radius 3 is 0.877 bits per heavy atom. The van der Waals surface area contributed by atoms with Crippen LogP contribution in [0.25, 0.3) is 0 Å². The van der Waals surface area contributed by atoms with Crippen molar-refractivity contribution < 1.29 is 80.2 Å². The molecule has 0 bridgehead atoms. The topological polar surface area (TPSA) is 237 Å². The number of rotatable bonds is 59. The largest absolute Gasteiger partial charge is 0.472 e. The van der Waals surface area contributed by atoms with Crippen LogP contribution < -0.4 is 0 Å². The van der Waals surface area contributed by atoms with Crippen molar-refractivity contribution in [2.24, 2.45) is 23.7 Å². The normalized spacial score (nSPS) is 14.8. The second-order valence-corrected chi connectivity index (χ2v) is 27.0. The summed E-state index contributed by atoms with van der Waals surface area (Å²) in [5.74, 6) is 0.684. The Morgan fingerprint density at radius 2 is 0.593 bits per heavy atom. The summed E-state index contributed by atoms with van der Waals surface area (Å²) in [6.45, 7) is 13.8. The van der Waals surface area contributed by atoms with Crippen LogP contribution >= 0.6 is 15.6 Å². The van der Waals surface area contributed by atoms with Crippen LogP contribution in [0.1, 0.15) is 293 Å². The third-order valence-electron chi connectivity index (χ3n) is 14.4. The van der Waals surface area contributed by atoms with Crippen LogP contribution in [0.5, 0.6) is 0 Å². The Hall–Kier alpha value is -1.94. The standard InChI is InChI=1S/C62H120O17P2/c1-9-55(8)41-33-25-18-21-27-35-43-60(65)73-48-57(78-61(66)44-36-28-15-13-11-10-12-14-22-30-38-52(2)3)50-76-80(68,69)74-46-56(63)47-75-81(70,71)77-51-58(79-62(67)45-37-29-20-17-24-32-40-54(6)7)49-72-59(64)42-34-26-19-16-23-31-39-53(4)5/h52-58,63H,9-51H2,1-8H3,(H,68,69)(H,70,71)/t55?,56-,57+,58+/m0/s1. The third-order valence-corrected chi connectivity index (χ3v) is 16.3. The van der Waals surface area contributed by atoms with Crippen LogP contribution in [-0.2, 0) is 65.4 Å². The highest BCUT2D eigenvalue weighted by atomic mass is 31.2. The zero-order valence-electron chi connectivity index (χ0n) is 52.4. The van der Waals surface area contributed by atoms with E-state index in [4.69, 9.17) is 37.0 Å². The van der Waals surface area contributed by atoms with Crippen LogP contribution in [0.15, 0.2) is 0 Å². The van der Waals surface area contributed by atoms with Gasteiger partial charge >= 0.3 is 39.5 Å². The van der Waals surface area contributed by atoms with E-state index in [1.807, 2.05) is 0 Å². The minimum absolute atomic E-state index is 0.100. The van der Waals surface area contributed by atoms with E-state index in [1.165, 1.54) is 83.5 Å². The first-order valence-corrected chi connectivity index (χ1v) is 35.2. The van der Waals surface area contributed by atoms with Gasteiger partial charge in [-0.3, -0.25) is 37.3 Å². The molecule has 6 atom stereocenters. The fourth-order valence-corrected chi connectivity index (χ4v) is 10.6. The number of carbonyl (C=O) groups is 4. The van der Waals surface area contributed by atoms with Crippen molar-refractivity contribution in [3.8, 4) is 0 Å². The third kappa shape index (κ3) is 55.7. The van der Waals surface area contributed by atoms with Gasteiger partial charge < -0.3 is 33.8 Å². The van der Waals surface area contributed by atoms with Crippen molar-refractivity contribution in [1.29, 1.82) is 0 Å². The zero-order chi connectivity index (χ0) is 60.4. The number of ether oxygens (including phenoxy) is 4. The Kier molecular flexibility index (Phi) is 51.1. The van der Waals surface area contributed by atoms with Gasteiger partial charge in [0.1, 0.15) is 19.3 Å². The lowest BCUT2D eigenvalue weighted by Gasteiger charge is -2.21. The van der Waals surface area contributed by atoms with Crippen LogP contribution in [0.3, 0.4) is 0 Å². The number of carbonyl (C=O) groups excluding carboxylic acids is 4. The highest BCUT2D eigenvalue weighted by molar-refractivity contribution is 7.47. The van der Waals surface area contributed by atoms with E-state index in [1.54, 1.807) is 0 Å². The summed E-state index contributed by atoms with van der Waals surface area (Å²) in [7, 11) is -9.88. The molecule has 0 aliphatic rings. The van der Waals surface area contributed by atoms with Gasteiger partial charge in [-0.2, -0.15) is 0 Å². The maximum absolute atomic E-state index is 13.0. The molecule has 3 unspecified atom stereocenters. The molecule has 0 heterocycles. The molecule has 0 aromatic heterocycles. The van der Waals surface area contributed by atoms with Crippen LogP contribution in [-0.4, -0.2) is 96.7 Å². The molecular weight excluding hydrogens is 1080 g/mol. The van der Waals surface area contributed by atoms with Gasteiger partial charge in [0.2, 0.25) is 0 Å². The van der Waals surface area contributed by atoms with Crippen molar-refractivity contribution in [2.75, 3.05) is 39.6 Å². The molecule has 0 aromatic carbocycles. The molecule has 0 spiro atoms. The van der Waals surface area contributed by atoms with Gasteiger partial charge in [-0.15, -0.1) is 0 Å². The maximum Gasteiger partial charge on any atom is 0.472 e. The Balaban J connectivity index is 5.25. The van der Waals surface area contributed by atoms with Crippen LogP contribution in [0, 0.1) is 23.7 Å². The second-order valence-electron chi connectivity index (χ2n) is 24.1. The number of phosphoric acid groups is 2. The van der Waals surface area contributed by atoms with Crippen molar-refractivity contribution in [1.82, 2.24) is 0 Å². The lowest BCUT2D eigenvalue weighted by Crippen LogP contribution is -2.30. The van der Waals surface area contributed by atoms with E-state index in [0.29, 0.717) is 37.5 Å². The molecule has 0 saturated heterocycles. The number of hydrogen-bond acceptors (Lipinski definition) is 15. The van der Waals surface area contributed by atoms with E-state index < -0.39 is 97.5 Å². The number of aliphatic hydroxyl groups excluding tert-OH is 1. The fourth-order valence-electron chi connectivity index (χ4n) is 9.04. The number of phosphoric ester groups is 2. The van der Waals surface area contributed by atoms with E-state index in [9.17, 15) is 43.2 Å². The molecular formula is C62H120O17P2. The fraction of sp³-hybridized carbons (Fsp3) is 0.935. The summed E-state index contributed by atoms with van der Waals surface area (Å²) in [4.78, 5) is 72.0. The first-order valence-electron chi connectivity index (χ1n) is 32.2. The average molecular weight is 1200 g/mol. The zero-order valence-corrected chi connectivity index (χ0v) is 54.2. The summed E-state index contributed by atoms with van der Waals surface area (Å²) in [5, 5.41) is 10.5. The molecule has 480 valence electrons. The van der Waals surface area contributed by atoms with Crippen molar-refractivity contribution in [2.45, 2.75) is 311 Å². The van der Waals surface area contributed by atoms with Gasteiger partial charge in [0.15, 0.2) is 12.2 Å². The summed E-state index contributed by atoms with van der Waals surface area (Å²) in [6, 6.07) is 0. The SMILES string of the molecule is CCC(C)CCCCCCCCC(=O)OC[C@H](COP(=O)(O)OC[C@H](O)COP(=O)(O)OC[C@@H](COC(=O)CCCCCCCCC(C)C)OC(=O)CCCCCCCCC(C)C)OC(=O)CCCCCCCCCCCCC(C)C. The highest BCUT2D eigenvalue weighted by Crippen LogP contribution is 2.45. The molecule has 3 N–H and O–H groups in total. The quantitative estimate of drug-likeness (QED) is 0.0222. The monoisotopic (exact) mass is 1200 g/mol. The number of aliphatic hydroxyl groups is 1. The lowest BCUT2D eigenvalue weighted by atomic mass is 10.00. The Bertz CT molecular complexity index is 1630. The molecule has 17 nitrogen and oxygen atoms in total. The summed E-state index contributed by atoms with van der Waals surface area (Å²) < 4.78 is 67.8. The van der Waals surface area contributed by atoms with Crippen molar-refractivity contribution >= 4 is 39.5 Å². The minimum atomic E-state index is -4.94. The van der Waals surface area contributed by atoms with Gasteiger partial charge in [-0.1, -0.05) is 242 Å². The van der Waals surface area contributed by atoms with Gasteiger partial charge in [-0.25, -0.2) is 9.13 Å². The molecule has 0 rings (SSSR count). The smallest absolute Gasteiger partial charge is 0.462 e. The predicted molar refractivity (Wildman–Crippen MR) is 321 cm³/mol. The van der Waals surface area contributed by atoms with Gasteiger partial charge in [0, 0.05) is 25.7 Å². The molecule has 0 aliphatic heterocycles. The van der Waals surface area contributed by atoms with E-state index in [2.05, 4.69) is 55.4 Å². The summed E-state index contributed by atoms with van der Waals surface area (Å²) >= 11 is 0. The van der Waals surface area contributed by atoms with Gasteiger partial charge in [0.25, 0.3) is 0 Å². The first-order chi connectivity index (χ1) is 38.6. The number of unbranched alkanes of at least 4 members (excludes halogenated alkanes) is 24. The Morgan fingerprint density at radius 1 is 0.346 bits per heavy atom. The highest BCUT2D eigenvalue weighted by Gasteiger charge is 2.30. The van der Waals surface area contributed by atoms with Crippen molar-refractivity contribution in [3.63, 3.8) is 0 Å². The minimum Gasteiger partial charge on any atom is -0.462 e. The molecule has 0 aromatic rings. The van der Waals surface area contributed by atoms with Gasteiger partial charge in [0.05, 0.1) is 26.4 Å². The second kappa shape index (κ2) is 52.4. The van der Waals surface area contributed by atoms with Crippen LogP contribution in [0.2, 0.25) is 0 Å². The van der Waals surface area contributed by atoms with E-state index in [-0.39, 0.29) is 25.7 Å². The molecule has 0 amide bonds. The molecule has 0 fully saturated rings. The summed E-state index contributed by atoms with van der Waals surface area (Å²) in [5.41, 5.74) is 0. The van der Waals surface area contributed by atoms with Crippen molar-refractivity contribution in [3.05, 3.63) is 0 Å². The molecule has 19 heteroatoms. The number of hydrogen-bond donors (Lipinski definition) is 3. The van der Waals surface area contributed by atoms with E-state index in [0.717, 1.165) is 115 Å². The molecule has 0 radical (unpaired) electrons. The molecule has 0 saturated carbocycles. The number of esters is 4. The van der Waals surface area contributed by atoms with E-state index >= 15 is 0 Å². The average Bonchev–Trinajstić information content (AvgIpc) is 3.41. The Labute approximate surface area is 492 Å². The maximum atomic E-state index is 13.0. The molecule has 81 heavy (non-hydrogen) atoms. The summed E-state index contributed by atoms with van der Waals surface area (Å²) in [6.07, 6.45) is 31.1. The van der Waals surface area contributed by atoms with Crippen LogP contribution in [0.4, 0.5) is 0 Å². The van der Waals surface area contributed by atoms with Gasteiger partial charge in [-0.05, 0) is 49.4 Å². The first kappa shape index (κ1) is 79.1. The molecule has 0 aliphatic carbocycles.